The molecule has 4 nitrogen and oxygen atoms in total. The van der Waals surface area contributed by atoms with Crippen molar-refractivity contribution in [3.05, 3.63) is 63.1 Å². The third-order valence-corrected chi connectivity index (χ3v) is 6.65. The third kappa shape index (κ3) is 3.09. The van der Waals surface area contributed by atoms with Crippen molar-refractivity contribution in [1.29, 1.82) is 0 Å². The second kappa shape index (κ2) is 7.16. The maximum absolute atomic E-state index is 11.8. The minimum Gasteiger partial charge on any atom is -0.480 e. The summed E-state index contributed by atoms with van der Waals surface area (Å²) in [5.41, 5.74) is 1.70. The van der Waals surface area contributed by atoms with Gasteiger partial charge in [0, 0.05) is 6.54 Å². The number of carboxylic acid groups (broad SMARTS) is 1. The fourth-order valence-electron chi connectivity index (χ4n) is 3.56. The van der Waals surface area contributed by atoms with E-state index in [1.165, 1.54) is 0 Å². The summed E-state index contributed by atoms with van der Waals surface area (Å²) >= 11 is 14.3. The van der Waals surface area contributed by atoms with E-state index in [0.717, 1.165) is 27.2 Å². The van der Waals surface area contributed by atoms with Crippen molar-refractivity contribution in [2.75, 3.05) is 6.54 Å². The fourth-order valence-corrected chi connectivity index (χ4v) is 5.07. The van der Waals surface area contributed by atoms with Gasteiger partial charge in [0.05, 0.1) is 26.3 Å². The summed E-state index contributed by atoms with van der Waals surface area (Å²) in [4.78, 5) is 18.5. The molecular formula is C19H16Cl2N2O2S. The predicted octanol–water partition coefficient (Wildman–Crippen LogP) is 5.24. The zero-order chi connectivity index (χ0) is 18.3. The van der Waals surface area contributed by atoms with Crippen molar-refractivity contribution in [3.8, 4) is 0 Å². The van der Waals surface area contributed by atoms with Gasteiger partial charge in [0.25, 0.3) is 0 Å². The summed E-state index contributed by atoms with van der Waals surface area (Å²) in [6.45, 7) is 0.681. The van der Waals surface area contributed by atoms with Gasteiger partial charge in [-0.25, -0.2) is 4.98 Å². The van der Waals surface area contributed by atoms with E-state index in [9.17, 15) is 9.90 Å². The van der Waals surface area contributed by atoms with Gasteiger partial charge >= 0.3 is 5.97 Å². The summed E-state index contributed by atoms with van der Waals surface area (Å²) in [6, 6.07) is 12.5. The van der Waals surface area contributed by atoms with E-state index in [0.29, 0.717) is 23.0 Å². The first-order valence-corrected chi connectivity index (χ1v) is 9.91. The molecule has 2 aromatic carbocycles. The number of para-hydroxylation sites is 1. The first-order chi connectivity index (χ1) is 12.6. The first kappa shape index (κ1) is 17.7. The number of aliphatic carboxylic acids is 1. The zero-order valence-corrected chi connectivity index (χ0v) is 16.1. The smallest absolute Gasteiger partial charge is 0.320 e. The van der Waals surface area contributed by atoms with Crippen LogP contribution < -0.4 is 0 Å². The molecule has 4 rings (SSSR count). The molecule has 2 heterocycles. The molecule has 1 aliphatic heterocycles. The first-order valence-electron chi connectivity index (χ1n) is 8.34. The van der Waals surface area contributed by atoms with Crippen molar-refractivity contribution >= 4 is 50.7 Å². The Morgan fingerprint density at radius 3 is 2.81 bits per heavy atom. The number of thiazole rings is 1. The van der Waals surface area contributed by atoms with Gasteiger partial charge < -0.3 is 5.11 Å². The van der Waals surface area contributed by atoms with Crippen LogP contribution in [-0.4, -0.2) is 33.5 Å². The Balaban J connectivity index is 1.89. The van der Waals surface area contributed by atoms with Gasteiger partial charge in [-0.1, -0.05) is 47.5 Å². The molecule has 2 atom stereocenters. The van der Waals surface area contributed by atoms with E-state index in [1.807, 2.05) is 41.3 Å². The molecule has 134 valence electrons. The van der Waals surface area contributed by atoms with Crippen molar-refractivity contribution in [1.82, 2.24) is 9.88 Å². The molecule has 0 bridgehead atoms. The number of halogens is 2. The maximum atomic E-state index is 11.8. The standard InChI is InChI=1S/C19H16Cl2N2O2S/c20-12-6-3-5-11(16(12)21)17(23-10-4-8-14(23)19(24)25)18-22-13-7-1-2-9-15(13)26-18/h1-3,5-7,9,14,17H,4,8,10H2,(H,24,25). The number of rotatable bonds is 4. The highest BCUT2D eigenvalue weighted by Crippen LogP contribution is 2.42. The SMILES string of the molecule is O=C(O)C1CCCN1C(c1nc2ccccc2s1)c1cccc(Cl)c1Cl. The van der Waals surface area contributed by atoms with Crippen LogP contribution in [0.3, 0.4) is 0 Å². The Morgan fingerprint density at radius 1 is 1.23 bits per heavy atom. The molecule has 0 spiro atoms. The van der Waals surface area contributed by atoms with Gasteiger partial charge in [-0.15, -0.1) is 11.3 Å². The number of likely N-dealkylation sites (tertiary alicyclic amines) is 1. The van der Waals surface area contributed by atoms with Crippen LogP contribution in [0.1, 0.15) is 29.5 Å². The van der Waals surface area contributed by atoms with Crippen LogP contribution in [-0.2, 0) is 4.79 Å². The lowest BCUT2D eigenvalue weighted by Gasteiger charge is -2.30. The lowest BCUT2D eigenvalue weighted by molar-refractivity contribution is -0.142. The predicted molar refractivity (Wildman–Crippen MR) is 105 cm³/mol. The number of carboxylic acids is 1. The largest absolute Gasteiger partial charge is 0.480 e. The Kier molecular flexibility index (Phi) is 4.88. The van der Waals surface area contributed by atoms with Crippen LogP contribution in [0.2, 0.25) is 10.0 Å². The summed E-state index contributed by atoms with van der Waals surface area (Å²) in [5.74, 6) is -0.813. The van der Waals surface area contributed by atoms with Crippen LogP contribution in [0.5, 0.6) is 0 Å². The van der Waals surface area contributed by atoms with E-state index >= 15 is 0 Å². The van der Waals surface area contributed by atoms with E-state index in [-0.39, 0.29) is 6.04 Å². The minimum absolute atomic E-state index is 0.331. The molecule has 1 fully saturated rings. The number of hydrogen-bond donors (Lipinski definition) is 1. The molecule has 0 saturated carbocycles. The molecule has 1 N–H and O–H groups in total. The average molecular weight is 407 g/mol. The van der Waals surface area contributed by atoms with E-state index < -0.39 is 12.0 Å². The second-order valence-electron chi connectivity index (χ2n) is 6.30. The van der Waals surface area contributed by atoms with Gasteiger partial charge in [0.2, 0.25) is 0 Å². The number of aromatic nitrogens is 1. The monoisotopic (exact) mass is 406 g/mol. The van der Waals surface area contributed by atoms with Crippen LogP contribution >= 0.6 is 34.5 Å². The molecule has 1 saturated heterocycles. The lowest BCUT2D eigenvalue weighted by Crippen LogP contribution is -2.39. The summed E-state index contributed by atoms with van der Waals surface area (Å²) in [7, 11) is 0. The van der Waals surface area contributed by atoms with Crippen molar-refractivity contribution in [2.24, 2.45) is 0 Å². The molecule has 7 heteroatoms. The van der Waals surface area contributed by atoms with E-state index in [4.69, 9.17) is 28.2 Å². The van der Waals surface area contributed by atoms with Crippen LogP contribution in [0, 0.1) is 0 Å². The van der Waals surface area contributed by atoms with Crippen molar-refractivity contribution < 1.29 is 9.90 Å². The Labute approximate surface area is 165 Å². The summed E-state index contributed by atoms with van der Waals surface area (Å²) in [5, 5.41) is 11.4. The Morgan fingerprint density at radius 2 is 2.04 bits per heavy atom. The third-order valence-electron chi connectivity index (χ3n) is 4.73. The molecule has 0 aliphatic carbocycles. The quantitative estimate of drug-likeness (QED) is 0.643. The Bertz CT molecular complexity index is 942. The summed E-state index contributed by atoms with van der Waals surface area (Å²) in [6.07, 6.45) is 1.45. The minimum atomic E-state index is -0.813. The van der Waals surface area contributed by atoms with Gasteiger partial charge in [0.1, 0.15) is 11.0 Å². The van der Waals surface area contributed by atoms with Crippen LogP contribution in [0.4, 0.5) is 0 Å². The fraction of sp³-hybridized carbons (Fsp3) is 0.263. The maximum Gasteiger partial charge on any atom is 0.320 e. The summed E-state index contributed by atoms with van der Waals surface area (Å²) < 4.78 is 1.07. The van der Waals surface area contributed by atoms with E-state index in [2.05, 4.69) is 0 Å². The normalized spacial score (nSPS) is 19.1. The zero-order valence-electron chi connectivity index (χ0n) is 13.7. The van der Waals surface area contributed by atoms with Crippen molar-refractivity contribution in [2.45, 2.75) is 24.9 Å². The number of hydrogen-bond acceptors (Lipinski definition) is 4. The molecule has 1 aliphatic rings. The molecule has 0 amide bonds. The Hall–Kier alpha value is -1.66. The molecular weight excluding hydrogens is 391 g/mol. The van der Waals surface area contributed by atoms with Gasteiger partial charge in [-0.05, 0) is 36.6 Å². The van der Waals surface area contributed by atoms with Gasteiger partial charge in [0.15, 0.2) is 0 Å². The molecule has 2 unspecified atom stereocenters. The number of fused-ring (bicyclic) bond motifs is 1. The van der Waals surface area contributed by atoms with Gasteiger partial charge in [-0.2, -0.15) is 0 Å². The topological polar surface area (TPSA) is 53.4 Å². The number of benzene rings is 2. The molecule has 3 aromatic rings. The van der Waals surface area contributed by atoms with Crippen LogP contribution in [0.25, 0.3) is 10.2 Å². The van der Waals surface area contributed by atoms with Crippen molar-refractivity contribution in [3.63, 3.8) is 0 Å². The van der Waals surface area contributed by atoms with E-state index in [1.54, 1.807) is 17.4 Å². The highest BCUT2D eigenvalue weighted by molar-refractivity contribution is 7.18. The average Bonchev–Trinajstić information content (AvgIpc) is 3.26. The molecule has 0 radical (unpaired) electrons. The van der Waals surface area contributed by atoms with Crippen LogP contribution in [0.15, 0.2) is 42.5 Å². The second-order valence-corrected chi connectivity index (χ2v) is 8.15. The lowest BCUT2D eigenvalue weighted by atomic mass is 10.0. The molecule has 26 heavy (non-hydrogen) atoms. The van der Waals surface area contributed by atoms with Gasteiger partial charge in [-0.3, -0.25) is 9.69 Å². The number of carbonyl (C=O) groups is 1. The number of nitrogens with zero attached hydrogens (tertiary/aromatic N) is 2. The molecule has 1 aromatic heterocycles. The highest BCUT2D eigenvalue weighted by Gasteiger charge is 2.39. The highest BCUT2D eigenvalue weighted by atomic mass is 35.5.